The van der Waals surface area contributed by atoms with Gasteiger partial charge < -0.3 is 31.5 Å². The Morgan fingerprint density at radius 2 is 1.70 bits per heavy atom. The molecule has 1 amide bonds. The average Bonchev–Trinajstić information content (AvgIpc) is 2.55. The summed E-state index contributed by atoms with van der Waals surface area (Å²) >= 11 is 0. The average molecular weight is 344 g/mol. The summed E-state index contributed by atoms with van der Waals surface area (Å²) in [5, 5.41) is 38.3. The molecule has 0 aliphatic rings. The lowest BCUT2D eigenvalue weighted by Gasteiger charge is -2.11. The smallest absolute Gasteiger partial charge is 0.251 e. The van der Waals surface area contributed by atoms with Gasteiger partial charge in [0.25, 0.3) is 5.91 Å². The highest BCUT2D eigenvalue weighted by atomic mass is 31.1. The zero-order valence-corrected chi connectivity index (χ0v) is 13.4. The number of hydrogen-bond acceptors (Lipinski definition) is 7. The van der Waals surface area contributed by atoms with Gasteiger partial charge in [0.05, 0.1) is 25.4 Å². The third-order valence-corrected chi connectivity index (χ3v) is 4.18. The van der Waals surface area contributed by atoms with E-state index in [1.165, 1.54) is 18.2 Å². The maximum absolute atomic E-state index is 12.1. The van der Waals surface area contributed by atoms with E-state index in [4.69, 9.17) is 15.9 Å². The van der Waals surface area contributed by atoms with E-state index < -0.39 is 31.3 Å². The highest BCUT2D eigenvalue weighted by molar-refractivity contribution is 7.58. The van der Waals surface area contributed by atoms with E-state index in [-0.39, 0.29) is 43.6 Å². The van der Waals surface area contributed by atoms with Gasteiger partial charge in [-0.15, -0.1) is 0 Å². The van der Waals surface area contributed by atoms with Crippen molar-refractivity contribution in [2.75, 3.05) is 31.7 Å². The zero-order valence-electron chi connectivity index (χ0n) is 12.4. The van der Waals surface area contributed by atoms with E-state index in [1.54, 1.807) is 0 Å². The third kappa shape index (κ3) is 6.60. The molecule has 0 aliphatic carbocycles. The number of rotatable bonds is 9. The number of nitrogens with one attached hydrogen (secondary N) is 1. The molecule has 0 spiro atoms. The molecule has 8 nitrogen and oxygen atoms in total. The Hall–Kier alpha value is -1.57. The van der Waals surface area contributed by atoms with Crippen LogP contribution in [0, 0.1) is 0 Å². The van der Waals surface area contributed by atoms with Gasteiger partial charge in [0.15, 0.2) is 5.52 Å². The van der Waals surface area contributed by atoms with Crippen LogP contribution in [0.25, 0.3) is 0 Å². The quantitative estimate of drug-likeness (QED) is 0.236. The van der Waals surface area contributed by atoms with Crippen LogP contribution in [0.5, 0.6) is 0 Å². The Kier molecular flexibility index (Phi) is 8.08. The van der Waals surface area contributed by atoms with E-state index in [0.29, 0.717) is 0 Å². The fourth-order valence-corrected chi connectivity index (χ4v) is 2.57. The lowest BCUT2D eigenvalue weighted by molar-refractivity contribution is 0.0802. The molecule has 3 atom stereocenters. The summed E-state index contributed by atoms with van der Waals surface area (Å²) in [6.45, 7) is -1.02. The van der Waals surface area contributed by atoms with Crippen molar-refractivity contribution in [3.8, 4) is 0 Å². The number of carbonyl (C=O) groups is 2. The first-order chi connectivity index (χ1) is 10.9. The number of aliphatic hydroxyl groups excluding tert-OH is 4. The number of nitrogens with two attached hydrogens (primary N) is 1. The number of nitrogen functional groups attached to an aromatic ring is 1. The lowest BCUT2D eigenvalue weighted by atomic mass is 10.1. The molecule has 0 heterocycles. The number of aliphatic hydroxyl groups is 4. The van der Waals surface area contributed by atoms with Crippen molar-refractivity contribution < 1.29 is 30.0 Å². The van der Waals surface area contributed by atoms with Crippen LogP contribution >= 0.6 is 8.58 Å². The number of hydrogen-bond donors (Lipinski definition) is 6. The summed E-state index contributed by atoms with van der Waals surface area (Å²) in [5.41, 5.74) is 6.04. The van der Waals surface area contributed by atoms with Crippen molar-refractivity contribution in [3.63, 3.8) is 0 Å². The molecule has 0 aliphatic heterocycles. The van der Waals surface area contributed by atoms with E-state index in [1.807, 2.05) is 0 Å². The molecular weight excluding hydrogens is 323 g/mol. The maximum atomic E-state index is 12.1. The predicted molar refractivity (Wildman–Crippen MR) is 86.9 cm³/mol. The summed E-state index contributed by atoms with van der Waals surface area (Å²) in [7, 11) is -0.255. The normalized spacial score (nSPS) is 13.9. The van der Waals surface area contributed by atoms with Crippen molar-refractivity contribution in [2.24, 2.45) is 0 Å². The summed E-state index contributed by atoms with van der Waals surface area (Å²) in [6.07, 6.45) is -1.89. The molecule has 0 radical (unpaired) electrons. The first kappa shape index (κ1) is 19.5. The van der Waals surface area contributed by atoms with Crippen molar-refractivity contribution in [1.82, 2.24) is 5.32 Å². The van der Waals surface area contributed by atoms with Gasteiger partial charge in [-0.1, -0.05) is 0 Å². The van der Waals surface area contributed by atoms with Gasteiger partial charge >= 0.3 is 0 Å². The van der Waals surface area contributed by atoms with Crippen LogP contribution in [0.2, 0.25) is 0 Å². The molecule has 1 rings (SSSR count). The van der Waals surface area contributed by atoms with Gasteiger partial charge in [-0.3, -0.25) is 9.59 Å². The molecule has 23 heavy (non-hydrogen) atoms. The van der Waals surface area contributed by atoms with Crippen LogP contribution in [-0.4, -0.2) is 70.0 Å². The van der Waals surface area contributed by atoms with E-state index in [9.17, 15) is 19.8 Å². The predicted octanol–water partition coefficient (Wildman–Crippen LogP) is -1.48. The Morgan fingerprint density at radius 3 is 2.30 bits per heavy atom. The van der Waals surface area contributed by atoms with Crippen molar-refractivity contribution in [2.45, 2.75) is 12.2 Å². The van der Waals surface area contributed by atoms with Crippen molar-refractivity contribution in [3.05, 3.63) is 29.3 Å². The van der Waals surface area contributed by atoms with E-state index in [0.717, 1.165) is 0 Å². The Morgan fingerprint density at radius 1 is 1.09 bits per heavy atom. The molecule has 0 bridgehead atoms. The molecule has 1 aromatic carbocycles. The number of benzene rings is 1. The van der Waals surface area contributed by atoms with Crippen molar-refractivity contribution in [1.29, 1.82) is 0 Å². The molecule has 0 fully saturated rings. The SMILES string of the molecule is Nc1cc(C(=O)NCC(O)CO)cc(C(=O)PCC(O)CO)c1. The van der Waals surface area contributed by atoms with Crippen LogP contribution in [0.4, 0.5) is 5.69 Å². The number of amides is 1. The Balaban J connectivity index is 2.78. The molecule has 0 saturated heterocycles. The van der Waals surface area contributed by atoms with Crippen LogP contribution < -0.4 is 11.1 Å². The fraction of sp³-hybridized carbons (Fsp3) is 0.429. The highest BCUT2D eigenvalue weighted by Gasteiger charge is 2.14. The standard InChI is InChI=1S/C14H21N2O6P/c15-10-2-8(13(21)16-4-11(19)5-17)1-9(3-10)14(22)23-7-12(20)6-18/h1-3,11-12,17-20,23H,4-7,15H2,(H,16,21). The molecule has 1 aromatic rings. The molecule has 0 aromatic heterocycles. The fourth-order valence-electron chi connectivity index (χ4n) is 1.67. The second kappa shape index (κ2) is 9.54. The Labute approximate surface area is 135 Å². The molecule has 128 valence electrons. The zero-order chi connectivity index (χ0) is 17.4. The van der Waals surface area contributed by atoms with E-state index in [2.05, 4.69) is 5.32 Å². The Bertz CT molecular complexity index is 510. The number of carbonyl (C=O) groups excluding carboxylic acids is 2. The maximum Gasteiger partial charge on any atom is 0.251 e. The minimum atomic E-state index is -1.07. The van der Waals surface area contributed by atoms with Crippen LogP contribution in [-0.2, 0) is 0 Å². The van der Waals surface area contributed by atoms with Crippen LogP contribution in [0.1, 0.15) is 20.7 Å². The van der Waals surface area contributed by atoms with Crippen LogP contribution in [0.15, 0.2) is 18.2 Å². The molecule has 9 heteroatoms. The van der Waals surface area contributed by atoms with Crippen molar-refractivity contribution >= 4 is 25.7 Å². The molecular formula is C14H21N2O6P. The van der Waals surface area contributed by atoms with Gasteiger partial charge in [-0.2, -0.15) is 0 Å². The second-order valence-corrected chi connectivity index (χ2v) is 6.15. The summed E-state index contributed by atoms with van der Waals surface area (Å²) in [5.74, 6) is -0.530. The molecule has 3 unspecified atom stereocenters. The minimum absolute atomic E-state index is 0.127. The first-order valence-corrected chi connectivity index (χ1v) is 8.13. The van der Waals surface area contributed by atoms with Gasteiger partial charge in [0.1, 0.15) is 0 Å². The largest absolute Gasteiger partial charge is 0.399 e. The number of anilines is 1. The summed E-state index contributed by atoms with van der Waals surface area (Å²) in [4.78, 5) is 24.0. The minimum Gasteiger partial charge on any atom is -0.399 e. The van der Waals surface area contributed by atoms with Gasteiger partial charge in [0, 0.05) is 29.5 Å². The van der Waals surface area contributed by atoms with Gasteiger partial charge in [-0.25, -0.2) is 0 Å². The molecule has 0 saturated carbocycles. The summed E-state index contributed by atoms with van der Waals surface area (Å²) in [6, 6.07) is 4.20. The molecule has 7 N–H and O–H groups in total. The lowest BCUT2D eigenvalue weighted by Crippen LogP contribution is -2.34. The topological polar surface area (TPSA) is 153 Å². The monoisotopic (exact) mass is 344 g/mol. The second-order valence-electron chi connectivity index (χ2n) is 4.94. The highest BCUT2D eigenvalue weighted by Crippen LogP contribution is 2.22. The van der Waals surface area contributed by atoms with Gasteiger partial charge in [-0.05, 0) is 26.8 Å². The van der Waals surface area contributed by atoms with Gasteiger partial charge in [0.2, 0.25) is 0 Å². The van der Waals surface area contributed by atoms with E-state index >= 15 is 0 Å². The third-order valence-electron chi connectivity index (χ3n) is 2.90. The van der Waals surface area contributed by atoms with Crippen LogP contribution in [0.3, 0.4) is 0 Å². The summed E-state index contributed by atoms with van der Waals surface area (Å²) < 4.78 is 0. The first-order valence-electron chi connectivity index (χ1n) is 6.92.